The van der Waals surface area contributed by atoms with Crippen molar-refractivity contribution in [3.63, 3.8) is 0 Å². The number of carbonyl (C=O) groups excluding carboxylic acids is 1. The van der Waals surface area contributed by atoms with Crippen LogP contribution in [-0.4, -0.2) is 24.5 Å². The fraction of sp³-hybridized carbons (Fsp3) is 0.200. The molecule has 0 aromatic heterocycles. The molecule has 0 atom stereocenters. The largest absolute Gasteiger partial charge is 0.490 e. The molecule has 1 N–H and O–H groups in total. The molecule has 3 rings (SSSR count). The van der Waals surface area contributed by atoms with Crippen molar-refractivity contribution in [2.24, 2.45) is 5.10 Å². The van der Waals surface area contributed by atoms with E-state index in [4.69, 9.17) is 32.7 Å². The summed E-state index contributed by atoms with van der Waals surface area (Å²) >= 11 is 13.4. The summed E-state index contributed by atoms with van der Waals surface area (Å²) in [5.41, 5.74) is 4.35. The lowest BCUT2D eigenvalue weighted by atomic mass is 10.2. The molecule has 5 nitrogen and oxygen atoms in total. The second kappa shape index (κ2) is 13.1. The van der Waals surface area contributed by atoms with Crippen molar-refractivity contribution in [1.29, 1.82) is 0 Å². The number of ether oxygens (including phenoxy) is 2. The van der Waals surface area contributed by atoms with Gasteiger partial charge in [-0.1, -0.05) is 35.3 Å². The first kappa shape index (κ1) is 25.0. The molecule has 3 aromatic carbocycles. The summed E-state index contributed by atoms with van der Waals surface area (Å²) in [5.74, 6) is 1.74. The van der Waals surface area contributed by atoms with Gasteiger partial charge in [0.1, 0.15) is 6.61 Å². The third-order valence-electron chi connectivity index (χ3n) is 4.39. The Balaban J connectivity index is 1.49. The van der Waals surface area contributed by atoms with Gasteiger partial charge in [0.05, 0.1) is 12.8 Å². The normalized spacial score (nSPS) is 10.9. The van der Waals surface area contributed by atoms with E-state index in [2.05, 4.69) is 10.5 Å². The molecule has 3 aromatic rings. The smallest absolute Gasteiger partial charge is 0.240 e. The molecule has 0 saturated heterocycles. The highest BCUT2D eigenvalue weighted by Crippen LogP contribution is 2.29. The molecule has 0 unspecified atom stereocenters. The fourth-order valence-corrected chi connectivity index (χ4v) is 3.86. The van der Waals surface area contributed by atoms with E-state index >= 15 is 0 Å². The molecule has 1 amide bonds. The maximum atomic E-state index is 12.0. The summed E-state index contributed by atoms with van der Waals surface area (Å²) in [4.78, 5) is 13.1. The first-order valence-corrected chi connectivity index (χ1v) is 12.1. The van der Waals surface area contributed by atoms with Crippen LogP contribution in [-0.2, 0) is 11.4 Å². The second-order valence-corrected chi connectivity index (χ2v) is 8.94. The van der Waals surface area contributed by atoms with Crippen LogP contribution in [0.25, 0.3) is 0 Å². The highest BCUT2D eigenvalue weighted by molar-refractivity contribution is 7.99. The zero-order chi connectivity index (χ0) is 23.5. The summed E-state index contributed by atoms with van der Waals surface area (Å²) in [7, 11) is 0. The molecular weight excluding hydrogens is 479 g/mol. The Bertz CT molecular complexity index is 1070. The Morgan fingerprint density at radius 3 is 2.36 bits per heavy atom. The van der Waals surface area contributed by atoms with Crippen LogP contribution in [0.3, 0.4) is 0 Å². The quantitative estimate of drug-likeness (QED) is 0.182. The molecule has 0 aliphatic heterocycles. The summed E-state index contributed by atoms with van der Waals surface area (Å²) in [5, 5.41) is 5.43. The van der Waals surface area contributed by atoms with Crippen LogP contribution in [0.5, 0.6) is 11.5 Å². The molecular formula is C25H24Cl2N2O3S. The number of benzene rings is 3. The van der Waals surface area contributed by atoms with Crippen molar-refractivity contribution >= 4 is 47.1 Å². The minimum Gasteiger partial charge on any atom is -0.490 e. The summed E-state index contributed by atoms with van der Waals surface area (Å²) in [6.07, 6.45) is 1.93. The predicted octanol–water partition coefficient (Wildman–Crippen LogP) is 6.60. The van der Waals surface area contributed by atoms with Crippen molar-refractivity contribution < 1.29 is 14.3 Å². The fourth-order valence-electron chi connectivity index (χ4n) is 2.76. The number of nitrogens with zero attached hydrogens (tertiary/aromatic N) is 1. The summed E-state index contributed by atoms with van der Waals surface area (Å²) in [6, 6.07) is 20.5. The van der Waals surface area contributed by atoms with Crippen LogP contribution in [0.2, 0.25) is 10.0 Å². The number of thioether (sulfide) groups is 1. The second-order valence-electron chi connectivity index (χ2n) is 6.90. The lowest BCUT2D eigenvalue weighted by Gasteiger charge is -2.12. The van der Waals surface area contributed by atoms with Gasteiger partial charge in [-0.15, -0.1) is 11.8 Å². The number of halogens is 2. The van der Waals surface area contributed by atoms with Gasteiger partial charge in [-0.25, -0.2) is 5.43 Å². The highest BCUT2D eigenvalue weighted by atomic mass is 35.5. The minimum atomic E-state index is -0.152. The zero-order valence-electron chi connectivity index (χ0n) is 18.1. The Morgan fingerprint density at radius 1 is 0.970 bits per heavy atom. The SMILES string of the molecule is CCOc1cc(/C=N\NC(=O)CCSc2ccc(Cl)cc2)ccc1OCc1ccc(Cl)cc1. The average molecular weight is 503 g/mol. The molecule has 172 valence electrons. The maximum absolute atomic E-state index is 12.0. The van der Waals surface area contributed by atoms with E-state index in [0.717, 1.165) is 16.0 Å². The van der Waals surface area contributed by atoms with E-state index in [9.17, 15) is 4.79 Å². The lowest BCUT2D eigenvalue weighted by molar-refractivity contribution is -0.120. The highest BCUT2D eigenvalue weighted by Gasteiger charge is 2.07. The Labute approximate surface area is 208 Å². The molecule has 0 bridgehead atoms. The Kier molecular flexibility index (Phi) is 9.94. The van der Waals surface area contributed by atoms with Crippen molar-refractivity contribution in [3.05, 3.63) is 87.9 Å². The molecule has 0 spiro atoms. The number of hydrogen-bond acceptors (Lipinski definition) is 5. The van der Waals surface area contributed by atoms with Crippen molar-refractivity contribution in [1.82, 2.24) is 5.43 Å². The van der Waals surface area contributed by atoms with Gasteiger partial charge in [0.2, 0.25) is 5.91 Å². The average Bonchev–Trinajstić information content (AvgIpc) is 2.81. The van der Waals surface area contributed by atoms with Gasteiger partial charge in [0.25, 0.3) is 0 Å². The Hall–Kier alpha value is -2.67. The molecule has 33 heavy (non-hydrogen) atoms. The van der Waals surface area contributed by atoms with Gasteiger partial charge in [-0.05, 0) is 72.6 Å². The molecule has 0 aliphatic rings. The number of hydrazone groups is 1. The lowest BCUT2D eigenvalue weighted by Crippen LogP contribution is -2.17. The molecule has 0 aliphatic carbocycles. The van der Waals surface area contributed by atoms with Gasteiger partial charge in [-0.2, -0.15) is 5.10 Å². The van der Waals surface area contributed by atoms with Crippen molar-refractivity contribution in [3.8, 4) is 11.5 Å². The van der Waals surface area contributed by atoms with Crippen LogP contribution in [0.1, 0.15) is 24.5 Å². The molecule has 0 fully saturated rings. The number of nitrogens with one attached hydrogen (secondary N) is 1. The number of carbonyl (C=O) groups is 1. The van der Waals surface area contributed by atoms with Crippen LogP contribution in [0, 0.1) is 0 Å². The number of amides is 1. The summed E-state index contributed by atoms with van der Waals surface area (Å²) in [6.45, 7) is 2.81. The number of hydrogen-bond donors (Lipinski definition) is 1. The molecule has 8 heteroatoms. The third kappa shape index (κ3) is 8.65. The standard InChI is InChI=1S/C25H24Cl2N2O3S/c1-2-31-24-15-19(5-12-23(24)32-17-18-3-6-20(26)7-4-18)16-28-29-25(30)13-14-33-22-10-8-21(27)9-11-22/h3-12,15-16H,2,13-14,17H2,1H3,(H,29,30)/b28-16-. The van der Waals surface area contributed by atoms with Gasteiger partial charge in [0.15, 0.2) is 11.5 Å². The maximum Gasteiger partial charge on any atom is 0.240 e. The molecule has 0 heterocycles. The zero-order valence-corrected chi connectivity index (χ0v) is 20.4. The van der Waals surface area contributed by atoms with Gasteiger partial charge in [0, 0.05) is 27.1 Å². The van der Waals surface area contributed by atoms with Gasteiger partial charge >= 0.3 is 0 Å². The van der Waals surface area contributed by atoms with E-state index in [1.807, 2.05) is 73.7 Å². The van der Waals surface area contributed by atoms with Crippen molar-refractivity contribution in [2.75, 3.05) is 12.4 Å². The minimum absolute atomic E-state index is 0.152. The molecule has 0 radical (unpaired) electrons. The first-order chi connectivity index (χ1) is 16.0. The topological polar surface area (TPSA) is 59.9 Å². The monoisotopic (exact) mass is 502 g/mol. The predicted molar refractivity (Wildman–Crippen MR) is 136 cm³/mol. The number of rotatable bonds is 11. The van der Waals surface area contributed by atoms with Crippen LogP contribution in [0.4, 0.5) is 0 Å². The Morgan fingerprint density at radius 2 is 1.67 bits per heavy atom. The first-order valence-electron chi connectivity index (χ1n) is 10.4. The van der Waals surface area contributed by atoms with E-state index < -0.39 is 0 Å². The summed E-state index contributed by atoms with van der Waals surface area (Å²) < 4.78 is 11.6. The van der Waals surface area contributed by atoms with Crippen molar-refractivity contribution in [2.45, 2.75) is 24.8 Å². The van der Waals surface area contributed by atoms with E-state index in [1.165, 1.54) is 0 Å². The van der Waals surface area contributed by atoms with Gasteiger partial charge < -0.3 is 9.47 Å². The van der Waals surface area contributed by atoms with Gasteiger partial charge in [-0.3, -0.25) is 4.79 Å². The van der Waals surface area contributed by atoms with E-state index in [1.54, 1.807) is 18.0 Å². The van der Waals surface area contributed by atoms with Crippen LogP contribution in [0.15, 0.2) is 76.7 Å². The van der Waals surface area contributed by atoms with E-state index in [-0.39, 0.29) is 5.91 Å². The van der Waals surface area contributed by atoms with Crippen LogP contribution >= 0.6 is 35.0 Å². The van der Waals surface area contributed by atoms with Crippen LogP contribution < -0.4 is 14.9 Å². The van der Waals surface area contributed by atoms with E-state index in [0.29, 0.717) is 46.9 Å². The third-order valence-corrected chi connectivity index (χ3v) is 5.91. The molecule has 0 saturated carbocycles.